The number of benzene rings is 2. The minimum Gasteiger partial charge on any atom is -0.379 e. The number of para-hydroxylation sites is 2. The summed E-state index contributed by atoms with van der Waals surface area (Å²) in [5.41, 5.74) is 3.39. The first-order valence-corrected chi connectivity index (χ1v) is 6.56. The quantitative estimate of drug-likeness (QED) is 0.818. The second kappa shape index (κ2) is 6.64. The molecule has 0 bridgehead atoms. The third-order valence-electron chi connectivity index (χ3n) is 2.78. The van der Waals surface area contributed by atoms with Gasteiger partial charge in [0.15, 0.2) is 0 Å². The average Bonchev–Trinajstić information content (AvgIpc) is 2.40. The van der Waals surface area contributed by atoms with Crippen LogP contribution in [0.5, 0.6) is 0 Å². The molecule has 2 rings (SSSR count). The van der Waals surface area contributed by atoms with Gasteiger partial charge in [0.1, 0.15) is 0 Å². The van der Waals surface area contributed by atoms with Crippen LogP contribution in [0.1, 0.15) is 13.8 Å². The molecule has 0 spiro atoms. The Kier molecular flexibility index (Phi) is 4.62. The summed E-state index contributed by atoms with van der Waals surface area (Å²) in [7, 11) is 0. The summed E-state index contributed by atoms with van der Waals surface area (Å²) in [5.74, 6) is 0. The number of allylic oxidation sites excluding steroid dienone is 1. The maximum atomic E-state index is 3.44. The molecular weight excluding hydrogens is 232 g/mol. The number of hydrogen-bond donors (Lipinski definition) is 2. The van der Waals surface area contributed by atoms with Crippen LogP contribution in [0.3, 0.4) is 0 Å². The molecule has 0 radical (unpaired) electrons. The number of hydrogen-bond acceptors (Lipinski definition) is 2. The molecule has 0 aliphatic heterocycles. The molecule has 2 aromatic rings. The second-order valence-corrected chi connectivity index (χ2v) is 4.64. The maximum absolute atomic E-state index is 3.44. The van der Waals surface area contributed by atoms with Crippen molar-refractivity contribution in [2.75, 3.05) is 10.6 Å². The van der Waals surface area contributed by atoms with Gasteiger partial charge in [-0.15, -0.1) is 0 Å². The topological polar surface area (TPSA) is 24.1 Å². The molecular formula is C17H20N2. The van der Waals surface area contributed by atoms with Crippen LogP contribution < -0.4 is 10.6 Å². The van der Waals surface area contributed by atoms with E-state index in [-0.39, 0.29) is 6.04 Å². The van der Waals surface area contributed by atoms with Gasteiger partial charge < -0.3 is 10.6 Å². The van der Waals surface area contributed by atoms with Crippen molar-refractivity contribution in [3.63, 3.8) is 0 Å². The molecule has 0 saturated carbocycles. The van der Waals surface area contributed by atoms with Gasteiger partial charge >= 0.3 is 0 Å². The van der Waals surface area contributed by atoms with Crippen molar-refractivity contribution in [1.29, 1.82) is 0 Å². The standard InChI is InChI=1S/C17H20N2/c1-14(18-16-9-5-3-6-10-16)13-15(2)19-17-11-7-4-8-12-17/h3-14,18-19H,1-2H3. The van der Waals surface area contributed by atoms with Crippen LogP contribution in [-0.4, -0.2) is 6.04 Å². The minimum atomic E-state index is 0.276. The molecule has 1 unspecified atom stereocenters. The third-order valence-corrected chi connectivity index (χ3v) is 2.78. The normalized spacial score (nSPS) is 12.8. The predicted molar refractivity (Wildman–Crippen MR) is 83.3 cm³/mol. The SMILES string of the molecule is CC(=CC(C)Nc1ccccc1)Nc1ccccc1. The van der Waals surface area contributed by atoms with Gasteiger partial charge in [-0.05, 0) is 44.2 Å². The van der Waals surface area contributed by atoms with E-state index in [4.69, 9.17) is 0 Å². The molecule has 0 aliphatic carbocycles. The summed E-state index contributed by atoms with van der Waals surface area (Å²) in [5, 5.41) is 6.82. The summed E-state index contributed by atoms with van der Waals surface area (Å²) < 4.78 is 0. The first-order chi connectivity index (χ1) is 9.24. The zero-order chi connectivity index (χ0) is 13.5. The largest absolute Gasteiger partial charge is 0.379 e. The second-order valence-electron chi connectivity index (χ2n) is 4.64. The van der Waals surface area contributed by atoms with Gasteiger partial charge in [-0.3, -0.25) is 0 Å². The zero-order valence-electron chi connectivity index (χ0n) is 11.4. The Labute approximate surface area is 115 Å². The van der Waals surface area contributed by atoms with E-state index in [1.807, 2.05) is 36.4 Å². The Morgan fingerprint density at radius 2 is 1.42 bits per heavy atom. The Bertz CT molecular complexity index is 517. The van der Waals surface area contributed by atoms with Gasteiger partial charge in [-0.25, -0.2) is 0 Å². The van der Waals surface area contributed by atoms with Crippen LogP contribution in [0, 0.1) is 0 Å². The lowest BCUT2D eigenvalue weighted by Gasteiger charge is -2.13. The summed E-state index contributed by atoms with van der Waals surface area (Å²) in [6.45, 7) is 4.22. The predicted octanol–water partition coefficient (Wildman–Crippen LogP) is 4.50. The first kappa shape index (κ1) is 13.2. The van der Waals surface area contributed by atoms with Gasteiger partial charge in [0.05, 0.1) is 0 Å². The van der Waals surface area contributed by atoms with Crippen LogP contribution in [0.25, 0.3) is 0 Å². The highest BCUT2D eigenvalue weighted by atomic mass is 14.9. The lowest BCUT2D eigenvalue weighted by atomic mass is 10.2. The molecule has 0 fully saturated rings. The first-order valence-electron chi connectivity index (χ1n) is 6.56. The third kappa shape index (κ3) is 4.51. The van der Waals surface area contributed by atoms with Crippen molar-refractivity contribution in [1.82, 2.24) is 0 Å². The van der Waals surface area contributed by atoms with Gasteiger partial charge in [-0.2, -0.15) is 0 Å². The molecule has 1 atom stereocenters. The monoisotopic (exact) mass is 252 g/mol. The van der Waals surface area contributed by atoms with Crippen molar-refractivity contribution < 1.29 is 0 Å². The van der Waals surface area contributed by atoms with E-state index < -0.39 is 0 Å². The number of nitrogens with one attached hydrogen (secondary N) is 2. The van der Waals surface area contributed by atoms with Crippen LogP contribution in [-0.2, 0) is 0 Å². The van der Waals surface area contributed by atoms with E-state index in [1.54, 1.807) is 0 Å². The van der Waals surface area contributed by atoms with E-state index >= 15 is 0 Å². The molecule has 2 heteroatoms. The van der Waals surface area contributed by atoms with Crippen molar-refractivity contribution in [3.8, 4) is 0 Å². The lowest BCUT2D eigenvalue weighted by Crippen LogP contribution is -2.13. The van der Waals surface area contributed by atoms with Crippen molar-refractivity contribution in [2.45, 2.75) is 19.9 Å². The van der Waals surface area contributed by atoms with Crippen molar-refractivity contribution >= 4 is 11.4 Å². The molecule has 0 saturated heterocycles. The van der Waals surface area contributed by atoms with E-state index in [0.717, 1.165) is 17.1 Å². The van der Waals surface area contributed by atoms with Gasteiger partial charge in [0.25, 0.3) is 0 Å². The molecule has 2 aromatic carbocycles. The van der Waals surface area contributed by atoms with E-state index in [1.165, 1.54) is 0 Å². The van der Waals surface area contributed by atoms with Crippen LogP contribution in [0.2, 0.25) is 0 Å². The summed E-state index contributed by atoms with van der Waals surface area (Å²) in [6, 6.07) is 20.7. The molecule has 0 aromatic heterocycles. The highest BCUT2D eigenvalue weighted by Crippen LogP contribution is 2.11. The molecule has 0 aliphatic rings. The number of anilines is 2. The maximum Gasteiger partial charge on any atom is 0.0435 e. The molecule has 2 N–H and O–H groups in total. The Morgan fingerprint density at radius 3 is 2.00 bits per heavy atom. The fraction of sp³-hybridized carbons (Fsp3) is 0.176. The lowest BCUT2D eigenvalue weighted by molar-refractivity contribution is 0.983. The molecule has 0 heterocycles. The van der Waals surface area contributed by atoms with Crippen LogP contribution in [0.15, 0.2) is 72.4 Å². The van der Waals surface area contributed by atoms with E-state index in [0.29, 0.717) is 0 Å². The number of rotatable bonds is 5. The molecule has 2 nitrogen and oxygen atoms in total. The zero-order valence-corrected chi connectivity index (χ0v) is 11.4. The van der Waals surface area contributed by atoms with E-state index in [2.05, 4.69) is 54.8 Å². The molecule has 0 amide bonds. The summed E-state index contributed by atoms with van der Waals surface area (Å²) in [6.07, 6.45) is 2.18. The Hall–Kier alpha value is -2.22. The van der Waals surface area contributed by atoms with Gasteiger partial charge in [0, 0.05) is 23.1 Å². The van der Waals surface area contributed by atoms with Crippen LogP contribution >= 0.6 is 0 Å². The Balaban J connectivity index is 1.93. The van der Waals surface area contributed by atoms with Crippen molar-refractivity contribution in [2.24, 2.45) is 0 Å². The molecule has 19 heavy (non-hydrogen) atoms. The summed E-state index contributed by atoms with van der Waals surface area (Å²) in [4.78, 5) is 0. The highest BCUT2D eigenvalue weighted by molar-refractivity contribution is 5.48. The molecule has 98 valence electrons. The minimum absolute atomic E-state index is 0.276. The van der Waals surface area contributed by atoms with E-state index in [9.17, 15) is 0 Å². The Morgan fingerprint density at radius 1 is 0.895 bits per heavy atom. The van der Waals surface area contributed by atoms with Gasteiger partial charge in [0.2, 0.25) is 0 Å². The highest BCUT2D eigenvalue weighted by Gasteiger charge is 1.99. The van der Waals surface area contributed by atoms with Crippen molar-refractivity contribution in [3.05, 3.63) is 72.4 Å². The van der Waals surface area contributed by atoms with Crippen LogP contribution in [0.4, 0.5) is 11.4 Å². The fourth-order valence-corrected chi connectivity index (χ4v) is 2.00. The fourth-order valence-electron chi connectivity index (χ4n) is 2.00. The summed E-state index contributed by atoms with van der Waals surface area (Å²) >= 11 is 0. The van der Waals surface area contributed by atoms with Gasteiger partial charge in [-0.1, -0.05) is 36.4 Å². The smallest absolute Gasteiger partial charge is 0.0435 e. The average molecular weight is 252 g/mol.